The number of phenolic OH excluding ortho intramolecular Hbond substituents is 1. The summed E-state index contributed by atoms with van der Waals surface area (Å²) in [6.07, 6.45) is 0. The minimum atomic E-state index is -0.299. The molecule has 1 amide bonds. The standard InChI is InChI=1S/C14H14N2O2S/c15-16-14(18)11-6-4-10(5-7-11)9-19-13-3-1-2-12(17)8-13/h1-8,17H,9,15H2,(H,16,18). The molecule has 0 fully saturated rings. The summed E-state index contributed by atoms with van der Waals surface area (Å²) in [5, 5.41) is 9.37. The Bertz CT molecular complexity index is 570. The molecule has 0 unspecified atom stereocenters. The van der Waals surface area contributed by atoms with Gasteiger partial charge in [0.1, 0.15) is 5.75 Å². The van der Waals surface area contributed by atoms with E-state index in [1.807, 2.05) is 24.3 Å². The summed E-state index contributed by atoms with van der Waals surface area (Å²) in [7, 11) is 0. The zero-order chi connectivity index (χ0) is 13.7. The number of phenols is 1. The Hall–Kier alpha value is -1.98. The molecule has 2 rings (SSSR count). The van der Waals surface area contributed by atoms with E-state index in [2.05, 4.69) is 5.43 Å². The smallest absolute Gasteiger partial charge is 0.265 e. The van der Waals surface area contributed by atoms with Crippen LogP contribution in [0, 0.1) is 0 Å². The largest absolute Gasteiger partial charge is 0.508 e. The molecule has 0 heterocycles. The fourth-order valence-corrected chi connectivity index (χ4v) is 2.48. The minimum Gasteiger partial charge on any atom is -0.508 e. The van der Waals surface area contributed by atoms with Crippen molar-refractivity contribution < 1.29 is 9.90 Å². The van der Waals surface area contributed by atoms with Crippen LogP contribution in [-0.4, -0.2) is 11.0 Å². The Labute approximate surface area is 115 Å². The van der Waals surface area contributed by atoms with Gasteiger partial charge in [-0.05, 0) is 35.9 Å². The van der Waals surface area contributed by atoms with Gasteiger partial charge < -0.3 is 5.11 Å². The lowest BCUT2D eigenvalue weighted by Gasteiger charge is -2.04. The van der Waals surface area contributed by atoms with Crippen LogP contribution in [0.3, 0.4) is 0 Å². The molecule has 0 spiro atoms. The van der Waals surface area contributed by atoms with Gasteiger partial charge in [0.05, 0.1) is 0 Å². The zero-order valence-electron chi connectivity index (χ0n) is 10.2. The van der Waals surface area contributed by atoms with Crippen molar-refractivity contribution in [2.75, 3.05) is 0 Å². The number of benzene rings is 2. The molecule has 2 aromatic carbocycles. The summed E-state index contributed by atoms with van der Waals surface area (Å²) in [5.74, 6) is 5.80. The van der Waals surface area contributed by atoms with Crippen LogP contribution in [-0.2, 0) is 5.75 Å². The third-order valence-electron chi connectivity index (χ3n) is 2.57. The highest BCUT2D eigenvalue weighted by Crippen LogP contribution is 2.25. The molecular formula is C14H14N2O2S. The molecule has 0 bridgehead atoms. The van der Waals surface area contributed by atoms with Gasteiger partial charge in [0.15, 0.2) is 0 Å². The van der Waals surface area contributed by atoms with E-state index in [1.54, 1.807) is 36.0 Å². The predicted octanol–water partition coefficient (Wildman–Crippen LogP) is 2.29. The molecule has 0 aliphatic heterocycles. The van der Waals surface area contributed by atoms with E-state index in [4.69, 9.17) is 5.84 Å². The van der Waals surface area contributed by atoms with Crippen molar-refractivity contribution >= 4 is 17.7 Å². The number of rotatable bonds is 4. The van der Waals surface area contributed by atoms with Crippen LogP contribution in [0.25, 0.3) is 0 Å². The van der Waals surface area contributed by atoms with E-state index in [0.29, 0.717) is 5.56 Å². The molecule has 0 aliphatic carbocycles. The number of hydrogen-bond donors (Lipinski definition) is 3. The van der Waals surface area contributed by atoms with Gasteiger partial charge in [-0.15, -0.1) is 11.8 Å². The quantitative estimate of drug-likeness (QED) is 0.346. The van der Waals surface area contributed by atoms with E-state index in [1.165, 1.54) is 0 Å². The van der Waals surface area contributed by atoms with Crippen molar-refractivity contribution in [1.29, 1.82) is 0 Å². The van der Waals surface area contributed by atoms with E-state index in [-0.39, 0.29) is 11.7 Å². The summed E-state index contributed by atoms with van der Waals surface area (Å²) in [6.45, 7) is 0. The molecule has 0 atom stereocenters. The summed E-state index contributed by atoms with van der Waals surface area (Å²) in [4.78, 5) is 12.3. The average Bonchev–Trinajstić information content (AvgIpc) is 2.45. The topological polar surface area (TPSA) is 75.3 Å². The van der Waals surface area contributed by atoms with Crippen LogP contribution in [0.5, 0.6) is 5.75 Å². The maximum Gasteiger partial charge on any atom is 0.265 e. The van der Waals surface area contributed by atoms with E-state index >= 15 is 0 Å². The number of nitrogens with two attached hydrogens (primary N) is 1. The number of hydrogen-bond acceptors (Lipinski definition) is 4. The van der Waals surface area contributed by atoms with Crippen molar-refractivity contribution in [2.24, 2.45) is 5.84 Å². The summed E-state index contributed by atoms with van der Waals surface area (Å²) < 4.78 is 0. The van der Waals surface area contributed by atoms with Gasteiger partial charge >= 0.3 is 0 Å². The SMILES string of the molecule is NNC(=O)c1ccc(CSc2cccc(O)c2)cc1. The van der Waals surface area contributed by atoms with Crippen molar-refractivity contribution in [3.05, 3.63) is 59.7 Å². The predicted molar refractivity (Wildman–Crippen MR) is 75.8 cm³/mol. The molecule has 19 heavy (non-hydrogen) atoms. The first-order valence-corrected chi connectivity index (χ1v) is 6.69. The number of aromatic hydroxyl groups is 1. The first-order valence-electron chi connectivity index (χ1n) is 5.71. The molecular weight excluding hydrogens is 260 g/mol. The van der Waals surface area contributed by atoms with Crippen molar-refractivity contribution in [3.63, 3.8) is 0 Å². The lowest BCUT2D eigenvalue weighted by Crippen LogP contribution is -2.29. The summed E-state index contributed by atoms with van der Waals surface area (Å²) >= 11 is 1.62. The highest BCUT2D eigenvalue weighted by molar-refractivity contribution is 7.98. The minimum absolute atomic E-state index is 0.264. The Kier molecular flexibility index (Phi) is 4.43. The third kappa shape index (κ3) is 3.74. The number of carbonyl (C=O) groups excluding carboxylic acids is 1. The second kappa shape index (κ2) is 6.26. The van der Waals surface area contributed by atoms with Crippen molar-refractivity contribution in [3.8, 4) is 5.75 Å². The number of nitrogen functional groups attached to an aromatic ring is 1. The van der Waals surface area contributed by atoms with Gasteiger partial charge in [0.2, 0.25) is 0 Å². The first-order chi connectivity index (χ1) is 9.19. The number of carbonyl (C=O) groups is 1. The van der Waals surface area contributed by atoms with Crippen LogP contribution in [0.2, 0.25) is 0 Å². The maximum atomic E-state index is 11.3. The van der Waals surface area contributed by atoms with E-state index < -0.39 is 0 Å². The van der Waals surface area contributed by atoms with E-state index in [9.17, 15) is 9.90 Å². The number of nitrogens with one attached hydrogen (secondary N) is 1. The zero-order valence-corrected chi connectivity index (χ0v) is 11.0. The van der Waals surface area contributed by atoms with Crippen LogP contribution in [0.4, 0.5) is 0 Å². The molecule has 0 radical (unpaired) electrons. The van der Waals surface area contributed by atoms with Crippen LogP contribution >= 0.6 is 11.8 Å². The van der Waals surface area contributed by atoms with E-state index in [0.717, 1.165) is 16.2 Å². The lowest BCUT2D eigenvalue weighted by atomic mass is 10.1. The molecule has 0 saturated heterocycles. The Balaban J connectivity index is 1.98. The third-order valence-corrected chi connectivity index (χ3v) is 3.64. The fraction of sp³-hybridized carbons (Fsp3) is 0.0714. The number of hydrazine groups is 1. The second-order valence-electron chi connectivity index (χ2n) is 3.96. The van der Waals surface area contributed by atoms with Gasteiger partial charge in [0, 0.05) is 16.2 Å². The van der Waals surface area contributed by atoms with Gasteiger partial charge in [0.25, 0.3) is 5.91 Å². The number of thioether (sulfide) groups is 1. The maximum absolute atomic E-state index is 11.3. The summed E-state index contributed by atoms with van der Waals surface area (Å²) in [5.41, 5.74) is 3.73. The molecule has 98 valence electrons. The highest BCUT2D eigenvalue weighted by Gasteiger charge is 2.03. The number of amides is 1. The molecule has 0 aromatic heterocycles. The Morgan fingerprint density at radius 3 is 2.58 bits per heavy atom. The normalized spacial score (nSPS) is 10.2. The van der Waals surface area contributed by atoms with Crippen LogP contribution < -0.4 is 11.3 Å². The van der Waals surface area contributed by atoms with Gasteiger partial charge in [-0.1, -0.05) is 18.2 Å². The molecule has 5 heteroatoms. The monoisotopic (exact) mass is 274 g/mol. The van der Waals surface area contributed by atoms with Gasteiger partial charge in [-0.3, -0.25) is 10.2 Å². The summed E-state index contributed by atoms with van der Waals surface area (Å²) in [6, 6.07) is 14.4. The van der Waals surface area contributed by atoms with Gasteiger partial charge in [-0.2, -0.15) is 0 Å². The molecule has 4 N–H and O–H groups in total. The Morgan fingerprint density at radius 1 is 1.21 bits per heavy atom. The average molecular weight is 274 g/mol. The van der Waals surface area contributed by atoms with Crippen molar-refractivity contribution in [1.82, 2.24) is 5.43 Å². The highest BCUT2D eigenvalue weighted by atomic mass is 32.2. The molecule has 0 saturated carbocycles. The Morgan fingerprint density at radius 2 is 1.95 bits per heavy atom. The molecule has 2 aromatic rings. The molecule has 4 nitrogen and oxygen atoms in total. The van der Waals surface area contributed by atoms with Crippen LogP contribution in [0.15, 0.2) is 53.4 Å². The second-order valence-corrected chi connectivity index (χ2v) is 5.01. The lowest BCUT2D eigenvalue weighted by molar-refractivity contribution is 0.0953. The van der Waals surface area contributed by atoms with Crippen molar-refractivity contribution in [2.45, 2.75) is 10.6 Å². The molecule has 0 aliphatic rings. The van der Waals surface area contributed by atoms with Crippen LogP contribution in [0.1, 0.15) is 15.9 Å². The fourth-order valence-electron chi connectivity index (χ4n) is 1.58. The first kappa shape index (κ1) is 13.5. The van der Waals surface area contributed by atoms with Gasteiger partial charge in [-0.25, -0.2) is 5.84 Å².